The molecule has 27 heavy (non-hydrogen) atoms. The smallest absolute Gasteiger partial charge is 0.357 e. The minimum Gasteiger partial charge on any atom is -0.461 e. The van der Waals surface area contributed by atoms with Gasteiger partial charge in [0.25, 0.3) is 0 Å². The zero-order valence-electron chi connectivity index (χ0n) is 14.8. The van der Waals surface area contributed by atoms with Gasteiger partial charge >= 0.3 is 5.97 Å². The van der Waals surface area contributed by atoms with E-state index in [0.29, 0.717) is 11.1 Å². The fourth-order valence-corrected chi connectivity index (χ4v) is 3.14. The molecule has 1 heterocycles. The van der Waals surface area contributed by atoms with E-state index in [4.69, 9.17) is 4.74 Å². The lowest BCUT2D eigenvalue weighted by molar-refractivity contribution is 0.0517. The van der Waals surface area contributed by atoms with Crippen LogP contribution in [-0.4, -0.2) is 23.3 Å². The van der Waals surface area contributed by atoms with E-state index in [1.54, 1.807) is 37.3 Å². The van der Waals surface area contributed by atoms with Crippen LogP contribution in [0.3, 0.4) is 0 Å². The highest BCUT2D eigenvalue weighted by Crippen LogP contribution is 2.25. The molecule has 4 aromatic rings. The quantitative estimate of drug-likeness (QED) is 0.300. The first-order chi connectivity index (χ1) is 13.2. The molecule has 3 aromatic carbocycles. The molecule has 0 amide bonds. The van der Waals surface area contributed by atoms with Crippen molar-refractivity contribution in [3.63, 3.8) is 0 Å². The molecule has 0 aliphatic rings. The molecule has 0 spiro atoms. The van der Waals surface area contributed by atoms with Crippen molar-refractivity contribution in [1.29, 1.82) is 0 Å². The summed E-state index contributed by atoms with van der Waals surface area (Å²) in [6, 6.07) is 22.4. The van der Waals surface area contributed by atoms with Crippen LogP contribution < -0.4 is 0 Å². The molecule has 0 aliphatic heterocycles. The molecule has 0 aliphatic carbocycles. The number of hydrogen-bond donors (Lipinski definition) is 0. The predicted octanol–water partition coefficient (Wildman–Crippen LogP) is 4.80. The standard InChI is InChI=1S/C23H17NO3/c1-2-27-23(26)21-19(22(25)15-8-4-3-5-9-15)13-18-12-16-10-6-7-11-17(16)14-20(18)24-21/h3-14H,2H2,1H3. The Bertz CT molecular complexity index is 1170. The molecule has 0 saturated carbocycles. The maximum Gasteiger partial charge on any atom is 0.357 e. The SMILES string of the molecule is CCOC(=O)c1nc2cc3ccccc3cc2cc1C(=O)c1ccccc1. The van der Waals surface area contributed by atoms with Crippen molar-refractivity contribution >= 4 is 33.4 Å². The summed E-state index contributed by atoms with van der Waals surface area (Å²) in [4.78, 5) is 30.0. The lowest BCUT2D eigenvalue weighted by Crippen LogP contribution is -2.15. The van der Waals surface area contributed by atoms with Crippen molar-refractivity contribution in [3.05, 3.63) is 89.6 Å². The van der Waals surface area contributed by atoms with Crippen LogP contribution in [0, 0.1) is 0 Å². The first-order valence-corrected chi connectivity index (χ1v) is 8.78. The third-order valence-electron chi connectivity index (χ3n) is 4.43. The van der Waals surface area contributed by atoms with Gasteiger partial charge in [-0.15, -0.1) is 0 Å². The average molecular weight is 355 g/mol. The van der Waals surface area contributed by atoms with Crippen LogP contribution in [0.15, 0.2) is 72.8 Å². The second-order valence-corrected chi connectivity index (χ2v) is 6.19. The molecule has 0 atom stereocenters. The van der Waals surface area contributed by atoms with Crippen LogP contribution >= 0.6 is 0 Å². The van der Waals surface area contributed by atoms with E-state index in [1.807, 2.05) is 42.5 Å². The molecule has 0 fully saturated rings. The van der Waals surface area contributed by atoms with Crippen LogP contribution in [0.2, 0.25) is 0 Å². The number of aromatic nitrogens is 1. The van der Waals surface area contributed by atoms with Crippen molar-refractivity contribution < 1.29 is 14.3 Å². The highest BCUT2D eigenvalue weighted by molar-refractivity contribution is 6.15. The molecule has 132 valence electrons. The van der Waals surface area contributed by atoms with Crippen LogP contribution in [0.5, 0.6) is 0 Å². The van der Waals surface area contributed by atoms with Gasteiger partial charge in [0, 0.05) is 10.9 Å². The van der Waals surface area contributed by atoms with Crippen LogP contribution in [0.25, 0.3) is 21.7 Å². The van der Waals surface area contributed by atoms with E-state index in [9.17, 15) is 9.59 Å². The minimum absolute atomic E-state index is 0.0495. The van der Waals surface area contributed by atoms with E-state index < -0.39 is 5.97 Å². The van der Waals surface area contributed by atoms with Gasteiger partial charge in [0.1, 0.15) is 0 Å². The van der Waals surface area contributed by atoms with E-state index >= 15 is 0 Å². The number of rotatable bonds is 4. The maximum absolute atomic E-state index is 13.0. The summed E-state index contributed by atoms with van der Waals surface area (Å²) in [5, 5.41) is 2.88. The van der Waals surface area contributed by atoms with Gasteiger partial charge in [0.05, 0.1) is 17.7 Å². The number of ether oxygens (including phenoxy) is 1. The fourth-order valence-electron chi connectivity index (χ4n) is 3.14. The Balaban J connectivity index is 1.96. The van der Waals surface area contributed by atoms with Gasteiger partial charge in [-0.05, 0) is 35.9 Å². The van der Waals surface area contributed by atoms with Crippen LogP contribution in [0.1, 0.15) is 33.3 Å². The lowest BCUT2D eigenvalue weighted by atomic mass is 9.98. The third-order valence-corrected chi connectivity index (χ3v) is 4.43. The summed E-state index contributed by atoms with van der Waals surface area (Å²) in [7, 11) is 0. The van der Waals surface area contributed by atoms with Gasteiger partial charge in [0.2, 0.25) is 0 Å². The summed E-state index contributed by atoms with van der Waals surface area (Å²) < 4.78 is 5.14. The molecular formula is C23H17NO3. The van der Waals surface area contributed by atoms with Crippen molar-refractivity contribution in [2.24, 2.45) is 0 Å². The molecule has 0 unspecified atom stereocenters. The normalized spacial score (nSPS) is 10.9. The number of ketones is 1. The number of fused-ring (bicyclic) bond motifs is 2. The number of benzene rings is 3. The minimum atomic E-state index is -0.591. The molecule has 0 bridgehead atoms. The topological polar surface area (TPSA) is 56.3 Å². The van der Waals surface area contributed by atoms with Gasteiger partial charge < -0.3 is 4.74 Å². The van der Waals surface area contributed by atoms with Crippen molar-refractivity contribution in [3.8, 4) is 0 Å². The largest absolute Gasteiger partial charge is 0.461 e. The van der Waals surface area contributed by atoms with Gasteiger partial charge in [-0.25, -0.2) is 9.78 Å². The first kappa shape index (κ1) is 16.9. The van der Waals surface area contributed by atoms with Gasteiger partial charge in [0.15, 0.2) is 11.5 Å². The van der Waals surface area contributed by atoms with Crippen LogP contribution in [-0.2, 0) is 4.74 Å². The van der Waals surface area contributed by atoms with E-state index in [1.165, 1.54) is 0 Å². The number of carbonyl (C=O) groups excluding carboxylic acids is 2. The number of esters is 1. The molecule has 4 rings (SSSR count). The molecule has 0 radical (unpaired) electrons. The molecule has 1 aromatic heterocycles. The fraction of sp³-hybridized carbons (Fsp3) is 0.0870. The zero-order chi connectivity index (χ0) is 18.8. The predicted molar refractivity (Wildman–Crippen MR) is 105 cm³/mol. The number of pyridine rings is 1. The Morgan fingerprint density at radius 3 is 2.22 bits per heavy atom. The molecule has 0 N–H and O–H groups in total. The summed E-state index contributed by atoms with van der Waals surface area (Å²) in [5.74, 6) is -0.840. The van der Waals surface area contributed by atoms with Gasteiger partial charge in [-0.2, -0.15) is 0 Å². The third kappa shape index (κ3) is 3.17. The molecular weight excluding hydrogens is 338 g/mol. The summed E-state index contributed by atoms with van der Waals surface area (Å²) in [5.41, 5.74) is 1.46. The highest BCUT2D eigenvalue weighted by Gasteiger charge is 2.22. The summed E-state index contributed by atoms with van der Waals surface area (Å²) in [6.45, 7) is 1.94. The van der Waals surface area contributed by atoms with E-state index in [0.717, 1.165) is 16.2 Å². The number of hydrogen-bond acceptors (Lipinski definition) is 4. The number of nitrogens with zero attached hydrogens (tertiary/aromatic N) is 1. The summed E-state index contributed by atoms with van der Waals surface area (Å²) >= 11 is 0. The second-order valence-electron chi connectivity index (χ2n) is 6.19. The zero-order valence-corrected chi connectivity index (χ0v) is 14.8. The first-order valence-electron chi connectivity index (χ1n) is 8.78. The Labute approximate surface area is 156 Å². The van der Waals surface area contributed by atoms with Crippen LogP contribution in [0.4, 0.5) is 0 Å². The summed E-state index contributed by atoms with van der Waals surface area (Å²) in [6.07, 6.45) is 0. The van der Waals surface area contributed by atoms with E-state index in [2.05, 4.69) is 4.98 Å². The van der Waals surface area contributed by atoms with E-state index in [-0.39, 0.29) is 23.6 Å². The Morgan fingerprint density at radius 2 is 1.52 bits per heavy atom. The molecule has 4 heteroatoms. The average Bonchev–Trinajstić information content (AvgIpc) is 2.71. The van der Waals surface area contributed by atoms with Gasteiger partial charge in [-0.1, -0.05) is 54.6 Å². The maximum atomic E-state index is 13.0. The highest BCUT2D eigenvalue weighted by atomic mass is 16.5. The monoisotopic (exact) mass is 355 g/mol. The van der Waals surface area contributed by atoms with Crippen molar-refractivity contribution in [1.82, 2.24) is 4.98 Å². The second kappa shape index (κ2) is 7.00. The molecule has 4 nitrogen and oxygen atoms in total. The van der Waals surface area contributed by atoms with Crippen molar-refractivity contribution in [2.75, 3.05) is 6.61 Å². The van der Waals surface area contributed by atoms with Crippen molar-refractivity contribution in [2.45, 2.75) is 6.92 Å². The van der Waals surface area contributed by atoms with Gasteiger partial charge in [-0.3, -0.25) is 4.79 Å². The number of carbonyl (C=O) groups is 2. The Morgan fingerprint density at radius 1 is 0.852 bits per heavy atom. The Kier molecular flexibility index (Phi) is 4.38. The molecule has 0 saturated heterocycles. The Hall–Kier alpha value is -3.53. The lowest BCUT2D eigenvalue weighted by Gasteiger charge is -2.10.